The average molecular weight is 247 g/mol. The van der Waals surface area contributed by atoms with E-state index in [1.54, 1.807) is 20.8 Å². The molecule has 1 saturated heterocycles. The van der Waals surface area contributed by atoms with Gasteiger partial charge in [-0.05, 0) is 20.8 Å². The van der Waals surface area contributed by atoms with Crippen molar-refractivity contribution in [3.8, 4) is 0 Å². The molecule has 0 radical (unpaired) electrons. The van der Waals surface area contributed by atoms with Crippen LogP contribution in [-0.2, 0) is 9.47 Å². The second-order valence-corrected chi connectivity index (χ2v) is 5.14. The summed E-state index contributed by atoms with van der Waals surface area (Å²) in [5.41, 5.74) is -0.579. The van der Waals surface area contributed by atoms with E-state index in [4.69, 9.17) is 9.47 Å². The van der Waals surface area contributed by atoms with Gasteiger partial charge in [0.05, 0.1) is 25.9 Å². The third-order valence-electron chi connectivity index (χ3n) is 2.30. The molecule has 2 N–H and O–H groups in total. The average Bonchev–Trinajstić information content (AvgIpc) is 2.16. The van der Waals surface area contributed by atoms with Gasteiger partial charge < -0.3 is 24.6 Å². The Morgan fingerprint density at radius 1 is 1.35 bits per heavy atom. The standard InChI is InChI=1S/C11H21NO5/c1-11(2,3)17-10(15)12-4-5-16-7-9(14)8(13)6-12/h8-9,13-14H,4-7H2,1-3H3. The largest absolute Gasteiger partial charge is 0.444 e. The van der Waals surface area contributed by atoms with Crippen LogP contribution in [0.15, 0.2) is 0 Å². The molecule has 6 nitrogen and oxygen atoms in total. The Hall–Kier alpha value is -0.850. The zero-order valence-corrected chi connectivity index (χ0v) is 10.5. The number of aliphatic hydroxyl groups excluding tert-OH is 2. The molecule has 0 bridgehead atoms. The summed E-state index contributed by atoms with van der Waals surface area (Å²) in [4.78, 5) is 13.1. The van der Waals surface area contributed by atoms with E-state index < -0.39 is 23.9 Å². The van der Waals surface area contributed by atoms with Crippen molar-refractivity contribution in [1.82, 2.24) is 4.90 Å². The van der Waals surface area contributed by atoms with Crippen LogP contribution >= 0.6 is 0 Å². The van der Waals surface area contributed by atoms with Crippen LogP contribution in [0.4, 0.5) is 4.79 Å². The molecule has 0 saturated carbocycles. The lowest BCUT2D eigenvalue weighted by Gasteiger charge is -2.31. The van der Waals surface area contributed by atoms with E-state index in [1.807, 2.05) is 0 Å². The number of rotatable bonds is 0. The van der Waals surface area contributed by atoms with Gasteiger partial charge in [-0.15, -0.1) is 0 Å². The lowest BCUT2D eigenvalue weighted by Crippen LogP contribution is -2.48. The van der Waals surface area contributed by atoms with Gasteiger partial charge >= 0.3 is 6.09 Å². The maximum absolute atomic E-state index is 11.8. The molecule has 1 rings (SSSR count). The summed E-state index contributed by atoms with van der Waals surface area (Å²) in [6, 6.07) is 0. The summed E-state index contributed by atoms with van der Waals surface area (Å²) in [6.45, 7) is 6.13. The number of aliphatic hydroxyl groups is 2. The van der Waals surface area contributed by atoms with Gasteiger partial charge in [0.25, 0.3) is 0 Å². The minimum atomic E-state index is -1.01. The fraction of sp³-hybridized carbons (Fsp3) is 0.909. The molecular formula is C11H21NO5. The Morgan fingerprint density at radius 3 is 2.59 bits per heavy atom. The smallest absolute Gasteiger partial charge is 0.410 e. The van der Waals surface area contributed by atoms with Crippen LogP contribution in [-0.4, -0.2) is 65.3 Å². The van der Waals surface area contributed by atoms with Gasteiger partial charge in [-0.1, -0.05) is 0 Å². The molecule has 17 heavy (non-hydrogen) atoms. The monoisotopic (exact) mass is 247 g/mol. The van der Waals surface area contributed by atoms with Crippen LogP contribution in [0.5, 0.6) is 0 Å². The Morgan fingerprint density at radius 2 is 2.00 bits per heavy atom. The fourth-order valence-electron chi connectivity index (χ4n) is 1.42. The summed E-state index contributed by atoms with van der Waals surface area (Å²) in [5.74, 6) is 0. The predicted octanol–water partition coefficient (Wildman–Crippen LogP) is -0.0245. The first kappa shape index (κ1) is 14.2. The van der Waals surface area contributed by atoms with Crippen molar-refractivity contribution in [2.45, 2.75) is 38.6 Å². The highest BCUT2D eigenvalue weighted by Crippen LogP contribution is 2.12. The first-order valence-electron chi connectivity index (χ1n) is 5.71. The van der Waals surface area contributed by atoms with Crippen LogP contribution in [0, 0.1) is 0 Å². The Labute approximate surface area is 101 Å². The SMILES string of the molecule is CC(C)(C)OC(=O)N1CCOCC(O)C(O)C1. The third-order valence-corrected chi connectivity index (χ3v) is 2.30. The number of hydrogen-bond donors (Lipinski definition) is 2. The van der Waals surface area contributed by atoms with E-state index in [-0.39, 0.29) is 13.2 Å². The maximum atomic E-state index is 11.8. The zero-order valence-electron chi connectivity index (χ0n) is 10.5. The number of ether oxygens (including phenoxy) is 2. The van der Waals surface area contributed by atoms with Gasteiger partial charge in [-0.3, -0.25) is 0 Å². The predicted molar refractivity (Wildman–Crippen MR) is 60.6 cm³/mol. The molecule has 2 atom stereocenters. The summed E-state index contributed by atoms with van der Waals surface area (Å²) < 4.78 is 10.3. The minimum absolute atomic E-state index is 0.0550. The lowest BCUT2D eigenvalue weighted by molar-refractivity contribution is -0.0729. The van der Waals surface area contributed by atoms with E-state index in [2.05, 4.69) is 0 Å². The van der Waals surface area contributed by atoms with Gasteiger partial charge in [-0.25, -0.2) is 4.79 Å². The Balaban J connectivity index is 2.58. The molecule has 0 aliphatic carbocycles. The topological polar surface area (TPSA) is 79.2 Å². The van der Waals surface area contributed by atoms with Gasteiger partial charge in [0.2, 0.25) is 0 Å². The molecule has 100 valence electrons. The molecule has 0 aromatic heterocycles. The first-order valence-corrected chi connectivity index (χ1v) is 5.71. The van der Waals surface area contributed by atoms with Gasteiger partial charge in [0, 0.05) is 6.54 Å². The normalized spacial score (nSPS) is 27.2. The molecule has 0 aromatic carbocycles. The minimum Gasteiger partial charge on any atom is -0.444 e. The lowest BCUT2D eigenvalue weighted by atomic mass is 10.2. The molecule has 1 aliphatic rings. The summed E-state index contributed by atoms with van der Waals surface area (Å²) in [5, 5.41) is 19.1. The highest BCUT2D eigenvalue weighted by atomic mass is 16.6. The summed E-state index contributed by atoms with van der Waals surface area (Å²) in [7, 11) is 0. The van der Waals surface area contributed by atoms with Crippen LogP contribution < -0.4 is 0 Å². The fourth-order valence-corrected chi connectivity index (χ4v) is 1.42. The van der Waals surface area contributed by atoms with E-state index in [0.29, 0.717) is 13.2 Å². The van der Waals surface area contributed by atoms with Crippen molar-refractivity contribution in [2.24, 2.45) is 0 Å². The van der Waals surface area contributed by atoms with Crippen molar-refractivity contribution in [3.63, 3.8) is 0 Å². The number of carbonyl (C=O) groups excluding carboxylic acids is 1. The van der Waals surface area contributed by atoms with E-state index in [1.165, 1.54) is 4.90 Å². The van der Waals surface area contributed by atoms with E-state index in [9.17, 15) is 15.0 Å². The second-order valence-electron chi connectivity index (χ2n) is 5.14. The van der Waals surface area contributed by atoms with Gasteiger partial charge in [0.15, 0.2) is 0 Å². The van der Waals surface area contributed by atoms with Crippen LogP contribution in [0.25, 0.3) is 0 Å². The number of β-amino-alcohol motifs (C(OH)–C–C–N with tert-alkyl or cyclic N) is 1. The number of hydrogen-bond acceptors (Lipinski definition) is 5. The molecular weight excluding hydrogens is 226 g/mol. The highest BCUT2D eigenvalue weighted by Gasteiger charge is 2.28. The van der Waals surface area contributed by atoms with Crippen molar-refractivity contribution in [1.29, 1.82) is 0 Å². The maximum Gasteiger partial charge on any atom is 0.410 e. The van der Waals surface area contributed by atoms with Gasteiger partial charge in [0.1, 0.15) is 11.7 Å². The third kappa shape index (κ3) is 4.89. The number of carbonyl (C=O) groups is 1. The Kier molecular flexibility index (Phi) is 4.73. The van der Waals surface area contributed by atoms with Gasteiger partial charge in [-0.2, -0.15) is 0 Å². The van der Waals surface area contributed by atoms with E-state index >= 15 is 0 Å². The van der Waals surface area contributed by atoms with Crippen molar-refractivity contribution in [3.05, 3.63) is 0 Å². The van der Waals surface area contributed by atoms with E-state index in [0.717, 1.165) is 0 Å². The Bertz CT molecular complexity index is 263. The molecule has 2 unspecified atom stereocenters. The van der Waals surface area contributed by atoms with Crippen molar-refractivity contribution < 1.29 is 24.5 Å². The molecule has 1 heterocycles. The first-order chi connectivity index (χ1) is 7.79. The molecule has 1 amide bonds. The summed E-state index contributed by atoms with van der Waals surface area (Å²) >= 11 is 0. The molecule has 0 aromatic rings. The quantitative estimate of drug-likeness (QED) is 0.628. The number of amides is 1. The molecule has 0 spiro atoms. The van der Waals surface area contributed by atoms with Crippen LogP contribution in [0.1, 0.15) is 20.8 Å². The molecule has 6 heteroatoms. The second kappa shape index (κ2) is 5.66. The van der Waals surface area contributed by atoms with Crippen molar-refractivity contribution >= 4 is 6.09 Å². The molecule has 1 fully saturated rings. The molecule has 1 aliphatic heterocycles. The van der Waals surface area contributed by atoms with Crippen molar-refractivity contribution in [2.75, 3.05) is 26.3 Å². The number of nitrogens with zero attached hydrogens (tertiary/aromatic N) is 1. The van der Waals surface area contributed by atoms with Crippen LogP contribution in [0.3, 0.4) is 0 Å². The highest BCUT2D eigenvalue weighted by molar-refractivity contribution is 5.68. The summed E-state index contributed by atoms with van der Waals surface area (Å²) in [6.07, 6.45) is -2.49. The zero-order chi connectivity index (χ0) is 13.1. The van der Waals surface area contributed by atoms with Crippen LogP contribution in [0.2, 0.25) is 0 Å².